The number of hydrogen-bond donors (Lipinski definition) is 0. The monoisotopic (exact) mass is 249 g/mol. The number of rotatable bonds is 3. The third-order valence-electron chi connectivity index (χ3n) is 2.20. The fraction of sp³-hybridized carbons (Fsp3) is 0. The lowest BCUT2D eigenvalue weighted by Gasteiger charge is -2.09. The van der Waals surface area contributed by atoms with Crippen molar-refractivity contribution in [2.45, 2.75) is 0 Å². The van der Waals surface area contributed by atoms with Crippen LogP contribution in [0.1, 0.15) is 0 Å². The summed E-state index contributed by atoms with van der Waals surface area (Å²) >= 11 is 0. The Hall–Kier alpha value is -3.43. The highest BCUT2D eigenvalue weighted by Gasteiger charge is 2.17. The Morgan fingerprint density at radius 3 is 2.32 bits per heavy atom. The molecule has 2 aromatic rings. The van der Waals surface area contributed by atoms with Gasteiger partial charge in [-0.25, -0.2) is 0 Å². The van der Waals surface area contributed by atoms with Crippen LogP contribution in [0.2, 0.25) is 0 Å². The molecule has 0 atom stereocenters. The van der Waals surface area contributed by atoms with Crippen LogP contribution >= 0.6 is 0 Å². The normalized spacial score (nSPS) is 8.89. The largest absolute Gasteiger partial charge is 0.387 e. The minimum atomic E-state index is -0.149. The highest BCUT2D eigenvalue weighted by atomic mass is 16.5. The quantitative estimate of drug-likeness (QED) is 0.771. The van der Waals surface area contributed by atoms with Gasteiger partial charge in [0.25, 0.3) is 18.8 Å². The Morgan fingerprint density at radius 2 is 1.63 bits per heavy atom. The molecule has 0 aliphatic heterocycles. The zero-order chi connectivity index (χ0) is 13.7. The van der Waals surface area contributed by atoms with E-state index in [1.165, 1.54) is 18.8 Å². The van der Waals surface area contributed by atoms with Crippen molar-refractivity contribution in [1.82, 2.24) is 0 Å². The second kappa shape index (κ2) is 5.27. The van der Waals surface area contributed by atoms with Gasteiger partial charge in [-0.1, -0.05) is 18.2 Å². The van der Waals surface area contributed by atoms with Crippen molar-refractivity contribution in [3.8, 4) is 36.0 Å². The summed E-state index contributed by atoms with van der Waals surface area (Å²) in [5.74, 6) is -0.0981. The molecule has 0 aliphatic carbocycles. The standard InChI is InChI=1S/C13H3N3O3/c14-6-17-11-5-12(18-7-15)13(19-8-16)10-4-2-1-3-9(10)11/h1-3H. The van der Waals surface area contributed by atoms with E-state index >= 15 is 0 Å². The maximum absolute atomic E-state index is 8.62. The summed E-state index contributed by atoms with van der Waals surface area (Å²) in [6, 6.07) is 10.3. The number of hydrogen-bond acceptors (Lipinski definition) is 6. The molecule has 2 aromatic carbocycles. The molecule has 2 radical (unpaired) electrons. The average Bonchev–Trinajstić information content (AvgIpc) is 2.43. The van der Waals surface area contributed by atoms with Gasteiger partial charge in [-0.15, -0.1) is 15.8 Å². The zero-order valence-electron chi connectivity index (χ0n) is 9.30. The summed E-state index contributed by atoms with van der Waals surface area (Å²) in [7, 11) is 0. The zero-order valence-corrected chi connectivity index (χ0v) is 9.30. The van der Waals surface area contributed by atoms with Crippen molar-refractivity contribution in [2.75, 3.05) is 0 Å². The first-order chi connectivity index (χ1) is 9.31. The molecule has 0 fully saturated rings. The van der Waals surface area contributed by atoms with Gasteiger partial charge in [0.15, 0.2) is 17.2 Å². The van der Waals surface area contributed by atoms with Crippen molar-refractivity contribution >= 4 is 10.8 Å². The molecule has 0 bridgehead atoms. The fourth-order valence-corrected chi connectivity index (χ4v) is 1.54. The average molecular weight is 249 g/mol. The van der Waals surface area contributed by atoms with E-state index in [4.69, 9.17) is 25.3 Å². The van der Waals surface area contributed by atoms with E-state index in [9.17, 15) is 0 Å². The number of ether oxygens (including phenoxy) is 3. The summed E-state index contributed by atoms with van der Waals surface area (Å²) < 4.78 is 14.2. The summed E-state index contributed by atoms with van der Waals surface area (Å²) in [5, 5.41) is 26.6. The minimum absolute atomic E-state index is 0.00932. The number of nitrogens with zero attached hydrogens (tertiary/aromatic N) is 3. The molecule has 0 unspecified atom stereocenters. The van der Waals surface area contributed by atoms with Crippen molar-refractivity contribution < 1.29 is 14.2 Å². The van der Waals surface area contributed by atoms with Crippen LogP contribution in [0.4, 0.5) is 0 Å². The van der Waals surface area contributed by atoms with E-state index in [-0.39, 0.29) is 17.2 Å². The highest BCUT2D eigenvalue weighted by Crippen LogP contribution is 2.40. The van der Waals surface area contributed by atoms with Gasteiger partial charge in [-0.3, -0.25) is 0 Å². The summed E-state index contributed by atoms with van der Waals surface area (Å²) in [4.78, 5) is 0. The van der Waals surface area contributed by atoms with Crippen LogP contribution < -0.4 is 14.2 Å². The van der Waals surface area contributed by atoms with Gasteiger partial charge in [-0.2, -0.15) is 0 Å². The maximum Gasteiger partial charge on any atom is 0.292 e. The third-order valence-corrected chi connectivity index (χ3v) is 2.20. The van der Waals surface area contributed by atoms with Crippen molar-refractivity contribution in [1.29, 1.82) is 15.8 Å². The predicted octanol–water partition coefficient (Wildman–Crippen LogP) is 2.02. The Kier molecular flexibility index (Phi) is 3.34. The molecule has 0 amide bonds. The molecule has 19 heavy (non-hydrogen) atoms. The predicted molar refractivity (Wildman–Crippen MR) is 60.3 cm³/mol. The maximum atomic E-state index is 8.62. The van der Waals surface area contributed by atoms with Gasteiger partial charge >= 0.3 is 0 Å². The second-order valence-electron chi connectivity index (χ2n) is 3.15. The first-order valence-corrected chi connectivity index (χ1v) is 4.89. The summed E-state index contributed by atoms with van der Waals surface area (Å²) in [6.45, 7) is 0. The molecule has 0 saturated heterocycles. The van der Waals surface area contributed by atoms with E-state index in [2.05, 4.69) is 16.9 Å². The van der Waals surface area contributed by atoms with E-state index in [0.29, 0.717) is 10.8 Å². The van der Waals surface area contributed by atoms with Crippen LogP contribution in [0, 0.1) is 46.7 Å². The second-order valence-corrected chi connectivity index (χ2v) is 3.15. The van der Waals surface area contributed by atoms with Crippen LogP contribution in [-0.2, 0) is 0 Å². The smallest absolute Gasteiger partial charge is 0.292 e. The molecule has 0 saturated carbocycles. The summed E-state index contributed by atoms with van der Waals surface area (Å²) in [5.41, 5.74) is 0. The Bertz CT molecular complexity index is 751. The van der Waals surface area contributed by atoms with Gasteiger partial charge in [0, 0.05) is 10.8 Å². The van der Waals surface area contributed by atoms with Gasteiger partial charge in [0.05, 0.1) is 6.07 Å². The van der Waals surface area contributed by atoms with Crippen molar-refractivity contribution in [2.24, 2.45) is 0 Å². The first-order valence-electron chi connectivity index (χ1n) is 4.89. The van der Waals surface area contributed by atoms with Crippen molar-refractivity contribution in [3.63, 3.8) is 0 Å². The molecule has 0 aromatic heterocycles. The molecule has 0 spiro atoms. The first kappa shape index (κ1) is 12.0. The molecule has 6 nitrogen and oxygen atoms in total. The Morgan fingerprint density at radius 1 is 0.947 bits per heavy atom. The summed E-state index contributed by atoms with van der Waals surface area (Å²) in [6.07, 6.45) is 4.44. The van der Waals surface area contributed by atoms with E-state index in [0.717, 1.165) is 0 Å². The fourth-order valence-electron chi connectivity index (χ4n) is 1.54. The Balaban J connectivity index is 2.79. The SMILES string of the molecule is N#COc1[c]c(OC#N)c2ccc[c]c2c1OC#N. The highest BCUT2D eigenvalue weighted by molar-refractivity contribution is 5.95. The minimum Gasteiger partial charge on any atom is -0.387 e. The lowest BCUT2D eigenvalue weighted by atomic mass is 10.1. The van der Waals surface area contributed by atoms with Crippen LogP contribution in [0.25, 0.3) is 10.8 Å². The molecular weight excluding hydrogens is 246 g/mol. The van der Waals surface area contributed by atoms with Crippen LogP contribution in [0.3, 0.4) is 0 Å². The molecule has 88 valence electrons. The van der Waals surface area contributed by atoms with E-state index < -0.39 is 0 Å². The molecular formula is C13H3N3O3. The van der Waals surface area contributed by atoms with Crippen LogP contribution in [0.5, 0.6) is 17.2 Å². The van der Waals surface area contributed by atoms with Crippen LogP contribution in [-0.4, -0.2) is 0 Å². The van der Waals surface area contributed by atoms with E-state index in [1.807, 2.05) is 0 Å². The van der Waals surface area contributed by atoms with Crippen molar-refractivity contribution in [3.05, 3.63) is 30.3 Å². The molecule has 6 heteroatoms. The van der Waals surface area contributed by atoms with Gasteiger partial charge in [0.1, 0.15) is 0 Å². The third kappa shape index (κ3) is 2.17. The number of fused-ring (bicyclic) bond motifs is 1. The van der Waals surface area contributed by atoms with Gasteiger partial charge < -0.3 is 14.2 Å². The number of nitriles is 3. The molecule has 0 aliphatic rings. The van der Waals surface area contributed by atoms with Gasteiger partial charge in [-0.05, 0) is 6.07 Å². The lowest BCUT2D eigenvalue weighted by molar-refractivity contribution is 0.438. The van der Waals surface area contributed by atoms with Crippen LogP contribution in [0.15, 0.2) is 18.2 Å². The molecule has 0 heterocycles. The van der Waals surface area contributed by atoms with E-state index in [1.54, 1.807) is 18.2 Å². The van der Waals surface area contributed by atoms with Gasteiger partial charge in [0.2, 0.25) is 0 Å². The molecule has 2 rings (SSSR count). The Labute approximate surface area is 108 Å². The molecule has 0 N–H and O–H groups in total. The lowest BCUT2D eigenvalue weighted by Crippen LogP contribution is -1.94. The number of benzene rings is 2. The topological polar surface area (TPSA) is 99.1 Å².